The molecule has 0 radical (unpaired) electrons. The van der Waals surface area contributed by atoms with E-state index in [0.717, 1.165) is 5.56 Å². The van der Waals surface area contributed by atoms with Gasteiger partial charge in [-0.2, -0.15) is 0 Å². The van der Waals surface area contributed by atoms with Crippen LogP contribution in [0, 0.1) is 6.92 Å². The molecule has 1 aliphatic heterocycles. The lowest BCUT2D eigenvalue weighted by Crippen LogP contribution is -2.37. The summed E-state index contributed by atoms with van der Waals surface area (Å²) in [5, 5.41) is 9.16. The highest BCUT2D eigenvalue weighted by Crippen LogP contribution is 2.19. The van der Waals surface area contributed by atoms with Crippen LogP contribution in [0.25, 0.3) is 0 Å². The molecule has 1 saturated heterocycles. The number of nitrogens with zero attached hydrogens (tertiary/aromatic N) is 1. The van der Waals surface area contributed by atoms with Crippen LogP contribution >= 0.6 is 0 Å². The van der Waals surface area contributed by atoms with Gasteiger partial charge in [-0.15, -0.1) is 0 Å². The van der Waals surface area contributed by atoms with Crippen LogP contribution < -0.4 is 0 Å². The summed E-state index contributed by atoms with van der Waals surface area (Å²) in [7, 11) is -2.88. The SMILES string of the molecule is Cc1ccc(CN(CCO)C2CCS(=O)(=O)C2)cc1. The van der Waals surface area contributed by atoms with Gasteiger partial charge in [0.15, 0.2) is 9.84 Å². The Balaban J connectivity index is 2.06. The van der Waals surface area contributed by atoms with Crippen LogP contribution in [0.5, 0.6) is 0 Å². The molecule has 1 fully saturated rings. The largest absolute Gasteiger partial charge is 0.395 e. The highest BCUT2D eigenvalue weighted by Gasteiger charge is 2.31. The number of hydrogen-bond donors (Lipinski definition) is 1. The first-order valence-corrected chi connectivity index (χ1v) is 8.43. The third-order valence-electron chi connectivity index (χ3n) is 3.62. The van der Waals surface area contributed by atoms with Crippen molar-refractivity contribution in [2.75, 3.05) is 24.7 Å². The number of aliphatic hydroxyl groups excluding tert-OH is 1. The molecular formula is C14H21NO3S. The van der Waals surface area contributed by atoms with Gasteiger partial charge >= 0.3 is 0 Å². The van der Waals surface area contributed by atoms with E-state index in [9.17, 15) is 8.42 Å². The van der Waals surface area contributed by atoms with Gasteiger partial charge in [-0.3, -0.25) is 4.90 Å². The van der Waals surface area contributed by atoms with E-state index in [0.29, 0.717) is 19.5 Å². The monoisotopic (exact) mass is 283 g/mol. The molecule has 0 saturated carbocycles. The molecule has 106 valence electrons. The summed E-state index contributed by atoms with van der Waals surface area (Å²) in [5.74, 6) is 0.492. The van der Waals surface area contributed by atoms with E-state index in [1.807, 2.05) is 6.92 Å². The lowest BCUT2D eigenvalue weighted by Gasteiger charge is -2.27. The van der Waals surface area contributed by atoms with E-state index in [-0.39, 0.29) is 24.2 Å². The average molecular weight is 283 g/mol. The maximum atomic E-state index is 11.6. The Kier molecular flexibility index (Phi) is 4.60. The van der Waals surface area contributed by atoms with Crippen molar-refractivity contribution in [2.45, 2.75) is 25.9 Å². The van der Waals surface area contributed by atoms with Crippen LogP contribution in [-0.2, 0) is 16.4 Å². The molecule has 1 heterocycles. The van der Waals surface area contributed by atoms with Gasteiger partial charge < -0.3 is 5.11 Å². The van der Waals surface area contributed by atoms with Crippen molar-refractivity contribution in [1.82, 2.24) is 4.90 Å². The smallest absolute Gasteiger partial charge is 0.151 e. The van der Waals surface area contributed by atoms with E-state index in [2.05, 4.69) is 29.2 Å². The summed E-state index contributed by atoms with van der Waals surface area (Å²) in [4.78, 5) is 2.08. The molecule has 1 aromatic carbocycles. The van der Waals surface area contributed by atoms with E-state index >= 15 is 0 Å². The van der Waals surface area contributed by atoms with Crippen molar-refractivity contribution in [3.63, 3.8) is 0 Å². The zero-order chi connectivity index (χ0) is 13.9. The fourth-order valence-corrected chi connectivity index (χ4v) is 4.27. The van der Waals surface area contributed by atoms with Crippen molar-refractivity contribution >= 4 is 9.84 Å². The van der Waals surface area contributed by atoms with Gasteiger partial charge in [0, 0.05) is 19.1 Å². The van der Waals surface area contributed by atoms with Gasteiger partial charge in [0.1, 0.15) is 0 Å². The molecule has 0 amide bonds. The number of aliphatic hydroxyl groups is 1. The molecular weight excluding hydrogens is 262 g/mol. The zero-order valence-corrected chi connectivity index (χ0v) is 12.1. The first kappa shape index (κ1) is 14.5. The normalized spacial score (nSPS) is 21.9. The summed E-state index contributed by atoms with van der Waals surface area (Å²) in [6.07, 6.45) is 0.675. The minimum atomic E-state index is -2.88. The van der Waals surface area contributed by atoms with Gasteiger partial charge in [-0.25, -0.2) is 8.42 Å². The molecule has 2 rings (SSSR count). The average Bonchev–Trinajstić information content (AvgIpc) is 2.72. The highest BCUT2D eigenvalue weighted by atomic mass is 32.2. The third-order valence-corrected chi connectivity index (χ3v) is 5.37. The van der Waals surface area contributed by atoms with Gasteiger partial charge in [0.05, 0.1) is 18.1 Å². The molecule has 19 heavy (non-hydrogen) atoms. The molecule has 1 aromatic rings. The number of rotatable bonds is 5. The van der Waals surface area contributed by atoms with Crippen molar-refractivity contribution in [3.05, 3.63) is 35.4 Å². The van der Waals surface area contributed by atoms with Crippen LogP contribution in [0.2, 0.25) is 0 Å². The Bertz CT molecular complexity index is 510. The predicted molar refractivity (Wildman–Crippen MR) is 75.7 cm³/mol. The second kappa shape index (κ2) is 6.03. The van der Waals surface area contributed by atoms with E-state index in [1.165, 1.54) is 5.56 Å². The van der Waals surface area contributed by atoms with E-state index < -0.39 is 9.84 Å². The zero-order valence-electron chi connectivity index (χ0n) is 11.2. The summed E-state index contributed by atoms with van der Waals surface area (Å²) >= 11 is 0. The fourth-order valence-electron chi connectivity index (χ4n) is 2.51. The van der Waals surface area contributed by atoms with Gasteiger partial charge in [0.2, 0.25) is 0 Å². The molecule has 1 N–H and O–H groups in total. The van der Waals surface area contributed by atoms with Crippen LogP contribution in [-0.4, -0.2) is 49.1 Å². The quantitative estimate of drug-likeness (QED) is 0.875. The molecule has 0 bridgehead atoms. The minimum absolute atomic E-state index is 0.0402. The van der Waals surface area contributed by atoms with Crippen molar-refractivity contribution < 1.29 is 13.5 Å². The Labute approximate surface area is 115 Å². The third kappa shape index (κ3) is 4.03. The van der Waals surface area contributed by atoms with Crippen LogP contribution in [0.3, 0.4) is 0 Å². The summed E-state index contributed by atoms with van der Waals surface area (Å²) in [5.41, 5.74) is 2.37. The van der Waals surface area contributed by atoms with E-state index in [4.69, 9.17) is 5.11 Å². The maximum Gasteiger partial charge on any atom is 0.151 e. The molecule has 0 aromatic heterocycles. The van der Waals surface area contributed by atoms with Crippen molar-refractivity contribution in [2.24, 2.45) is 0 Å². The Morgan fingerprint density at radius 1 is 1.32 bits per heavy atom. The minimum Gasteiger partial charge on any atom is -0.395 e. The Hall–Kier alpha value is -0.910. The Morgan fingerprint density at radius 2 is 2.00 bits per heavy atom. The molecule has 5 heteroatoms. The van der Waals surface area contributed by atoms with Crippen molar-refractivity contribution in [3.8, 4) is 0 Å². The molecule has 1 atom stereocenters. The Morgan fingerprint density at radius 3 is 2.53 bits per heavy atom. The molecule has 0 aliphatic carbocycles. The lowest BCUT2D eigenvalue weighted by atomic mass is 10.1. The van der Waals surface area contributed by atoms with Gasteiger partial charge in [0.25, 0.3) is 0 Å². The standard InChI is InChI=1S/C14H21NO3S/c1-12-2-4-13(5-3-12)10-15(7-8-16)14-6-9-19(17,18)11-14/h2-5,14,16H,6-11H2,1H3. The van der Waals surface area contributed by atoms with Gasteiger partial charge in [-0.1, -0.05) is 29.8 Å². The second-order valence-electron chi connectivity index (χ2n) is 5.24. The van der Waals surface area contributed by atoms with Crippen molar-refractivity contribution in [1.29, 1.82) is 0 Å². The number of benzene rings is 1. The predicted octanol–water partition coefficient (Wildman–Crippen LogP) is 0.976. The fraction of sp³-hybridized carbons (Fsp3) is 0.571. The number of hydrogen-bond acceptors (Lipinski definition) is 4. The van der Waals surface area contributed by atoms with Gasteiger partial charge in [-0.05, 0) is 18.9 Å². The molecule has 1 unspecified atom stereocenters. The summed E-state index contributed by atoms with van der Waals surface area (Å²) in [6.45, 7) is 3.32. The first-order chi connectivity index (χ1) is 9.00. The molecule has 1 aliphatic rings. The topological polar surface area (TPSA) is 57.6 Å². The maximum absolute atomic E-state index is 11.6. The number of aryl methyl sites for hydroxylation is 1. The van der Waals surface area contributed by atoms with Crippen LogP contribution in [0.4, 0.5) is 0 Å². The van der Waals surface area contributed by atoms with Crippen LogP contribution in [0.1, 0.15) is 17.5 Å². The van der Waals surface area contributed by atoms with E-state index in [1.54, 1.807) is 0 Å². The first-order valence-electron chi connectivity index (χ1n) is 6.61. The second-order valence-corrected chi connectivity index (χ2v) is 7.47. The molecule has 0 spiro atoms. The van der Waals surface area contributed by atoms with Crippen LogP contribution in [0.15, 0.2) is 24.3 Å². The molecule has 4 nitrogen and oxygen atoms in total. The summed E-state index contributed by atoms with van der Waals surface area (Å²) in [6, 6.07) is 8.26. The summed E-state index contributed by atoms with van der Waals surface area (Å²) < 4.78 is 23.1. The lowest BCUT2D eigenvalue weighted by molar-refractivity contribution is 0.153. The number of sulfone groups is 1. The highest BCUT2D eigenvalue weighted by molar-refractivity contribution is 7.91.